The molecule has 0 aliphatic heterocycles. The maximum Gasteiger partial charge on any atom is 0.306 e. The fourth-order valence-electron chi connectivity index (χ4n) is 5.92. The van der Waals surface area contributed by atoms with Crippen LogP contribution in [0.25, 0.3) is 0 Å². The van der Waals surface area contributed by atoms with Crippen LogP contribution >= 0.6 is 0 Å². The van der Waals surface area contributed by atoms with Gasteiger partial charge in [-0.1, -0.05) is 115 Å². The van der Waals surface area contributed by atoms with E-state index in [9.17, 15) is 14.4 Å². The van der Waals surface area contributed by atoms with Crippen LogP contribution in [0.2, 0.25) is 0 Å². The van der Waals surface area contributed by atoms with Crippen molar-refractivity contribution >= 4 is 17.9 Å². The largest absolute Gasteiger partial charge is 0.462 e. The van der Waals surface area contributed by atoms with E-state index in [4.69, 9.17) is 14.2 Å². The third-order valence-electron chi connectivity index (χ3n) is 9.60. The van der Waals surface area contributed by atoms with E-state index in [1.807, 2.05) is 12.2 Å². The van der Waals surface area contributed by atoms with E-state index in [1.165, 1.54) is 51.4 Å². The Bertz CT molecular complexity index is 818. The molecule has 0 rings (SSSR count). The van der Waals surface area contributed by atoms with Gasteiger partial charge in [-0.25, -0.2) is 0 Å². The summed E-state index contributed by atoms with van der Waals surface area (Å²) in [5.74, 6) is -0.281. The minimum Gasteiger partial charge on any atom is -0.462 e. The topological polar surface area (TPSA) is 82.1 Å². The Labute approximate surface area is 315 Å². The maximum absolute atomic E-state index is 12.7. The fourth-order valence-corrected chi connectivity index (χ4v) is 5.92. The maximum atomic E-state index is 12.7. The van der Waals surface area contributed by atoms with Gasteiger partial charge in [0, 0.05) is 25.3 Å². The van der Waals surface area contributed by atoms with Gasteiger partial charge in [-0.2, -0.15) is 0 Å². The van der Waals surface area contributed by atoms with Crippen molar-refractivity contribution in [2.45, 2.75) is 213 Å². The molecule has 0 radical (unpaired) electrons. The lowest BCUT2D eigenvalue weighted by atomic mass is 10.0. The molecule has 0 spiro atoms. The predicted octanol–water partition coefficient (Wildman–Crippen LogP) is 12.0. The van der Waals surface area contributed by atoms with Gasteiger partial charge in [0.25, 0.3) is 0 Å². The Morgan fingerprint density at radius 3 is 1.39 bits per heavy atom. The second-order valence-corrected chi connectivity index (χ2v) is 14.8. The molecular weight excluding hydrogens is 638 g/mol. The van der Waals surface area contributed by atoms with Gasteiger partial charge in [-0.05, 0) is 104 Å². The second kappa shape index (κ2) is 37.6. The van der Waals surface area contributed by atoms with Crippen LogP contribution in [0.15, 0.2) is 24.3 Å². The molecule has 7 nitrogen and oxygen atoms in total. The van der Waals surface area contributed by atoms with Crippen LogP contribution in [0.1, 0.15) is 201 Å². The van der Waals surface area contributed by atoms with Crippen LogP contribution in [-0.2, 0) is 28.6 Å². The zero-order chi connectivity index (χ0) is 37.6. The summed E-state index contributed by atoms with van der Waals surface area (Å²) in [4.78, 5) is 39.1. The van der Waals surface area contributed by atoms with E-state index >= 15 is 0 Å². The van der Waals surface area contributed by atoms with E-state index in [0.717, 1.165) is 109 Å². The summed E-state index contributed by atoms with van der Waals surface area (Å²) < 4.78 is 16.7. The van der Waals surface area contributed by atoms with Crippen molar-refractivity contribution in [2.75, 3.05) is 26.8 Å². The van der Waals surface area contributed by atoms with Crippen molar-refractivity contribution in [3.63, 3.8) is 0 Å². The number of carbonyl (C=O) groups is 3. The normalized spacial score (nSPS) is 11.8. The summed E-state index contributed by atoms with van der Waals surface area (Å²) in [5, 5.41) is 0. The molecule has 298 valence electrons. The van der Waals surface area contributed by atoms with E-state index in [1.54, 1.807) is 0 Å². The highest BCUT2D eigenvalue weighted by Gasteiger charge is 2.15. The monoisotopic (exact) mass is 720 g/mol. The number of nitrogens with zero attached hydrogens (tertiary/aromatic N) is 1. The van der Waals surface area contributed by atoms with Crippen molar-refractivity contribution in [1.29, 1.82) is 0 Å². The molecule has 0 aromatic heterocycles. The lowest BCUT2D eigenvalue weighted by Gasteiger charge is -2.21. The highest BCUT2D eigenvalue weighted by molar-refractivity contribution is 5.70. The summed E-state index contributed by atoms with van der Waals surface area (Å²) in [5.41, 5.74) is 0. The van der Waals surface area contributed by atoms with Gasteiger partial charge in [0.1, 0.15) is 19.3 Å². The summed E-state index contributed by atoms with van der Waals surface area (Å²) in [6, 6.07) is 0.512. The zero-order valence-electron chi connectivity index (χ0n) is 34.1. The molecule has 0 aromatic rings. The third-order valence-corrected chi connectivity index (χ3v) is 9.60. The lowest BCUT2D eigenvalue weighted by Crippen LogP contribution is -2.27. The van der Waals surface area contributed by atoms with Gasteiger partial charge < -0.3 is 19.1 Å². The molecule has 0 fully saturated rings. The van der Waals surface area contributed by atoms with Crippen molar-refractivity contribution in [1.82, 2.24) is 4.90 Å². The average Bonchev–Trinajstić information content (AvgIpc) is 3.11. The number of hydrogen-bond donors (Lipinski definition) is 0. The van der Waals surface area contributed by atoms with Crippen LogP contribution in [0.3, 0.4) is 0 Å². The highest BCUT2D eigenvalue weighted by atomic mass is 16.5. The third kappa shape index (κ3) is 36.0. The summed E-state index contributed by atoms with van der Waals surface area (Å²) in [7, 11) is 2.13. The molecule has 0 N–H and O–H groups in total. The summed E-state index contributed by atoms with van der Waals surface area (Å²) in [6.07, 6.45) is 35.5. The minimum atomic E-state index is -0.107. The predicted molar refractivity (Wildman–Crippen MR) is 214 cm³/mol. The number of esters is 3. The molecular formula is C44H81NO6. The van der Waals surface area contributed by atoms with E-state index in [0.29, 0.717) is 38.5 Å². The Hall–Kier alpha value is -2.15. The Balaban J connectivity index is 4.26. The van der Waals surface area contributed by atoms with E-state index in [-0.39, 0.29) is 24.0 Å². The molecule has 0 unspecified atom stereocenters. The first-order chi connectivity index (χ1) is 24.8. The molecule has 0 saturated heterocycles. The van der Waals surface area contributed by atoms with Crippen molar-refractivity contribution < 1.29 is 28.6 Å². The molecule has 7 heteroatoms. The number of unbranched alkanes of at least 4 members (excludes halogenated alkanes) is 17. The average molecular weight is 720 g/mol. The molecule has 51 heavy (non-hydrogen) atoms. The van der Waals surface area contributed by atoms with Crippen molar-refractivity contribution in [3.05, 3.63) is 24.3 Å². The SMILES string of the molecule is CCCCCC/C=C\COC(=O)CCCCCCCC(CCCCCCCC(=O)OC/C=C\CCCCCC)OC(=O)CCCCN(C)C(C)C. The van der Waals surface area contributed by atoms with Crippen LogP contribution in [-0.4, -0.2) is 61.8 Å². The number of hydrogen-bond acceptors (Lipinski definition) is 7. The first-order valence-electron chi connectivity index (χ1n) is 21.3. The van der Waals surface area contributed by atoms with Gasteiger partial charge >= 0.3 is 17.9 Å². The zero-order valence-corrected chi connectivity index (χ0v) is 34.1. The molecule has 0 bridgehead atoms. The van der Waals surface area contributed by atoms with E-state index < -0.39 is 0 Å². The molecule has 0 aromatic carbocycles. The Kier molecular flexibility index (Phi) is 36.0. The van der Waals surface area contributed by atoms with Crippen LogP contribution < -0.4 is 0 Å². The van der Waals surface area contributed by atoms with Crippen LogP contribution in [0, 0.1) is 0 Å². The molecule has 0 aliphatic rings. The molecule has 0 aliphatic carbocycles. The lowest BCUT2D eigenvalue weighted by molar-refractivity contribution is -0.150. The second-order valence-electron chi connectivity index (χ2n) is 14.8. The fraction of sp³-hybridized carbons (Fsp3) is 0.841. The Morgan fingerprint density at radius 1 is 0.510 bits per heavy atom. The van der Waals surface area contributed by atoms with Gasteiger partial charge in [-0.3, -0.25) is 14.4 Å². The highest BCUT2D eigenvalue weighted by Crippen LogP contribution is 2.18. The molecule has 0 saturated carbocycles. The van der Waals surface area contributed by atoms with Crippen LogP contribution in [0.4, 0.5) is 0 Å². The first kappa shape index (κ1) is 48.9. The van der Waals surface area contributed by atoms with E-state index in [2.05, 4.69) is 51.8 Å². The van der Waals surface area contributed by atoms with Gasteiger partial charge in [0.2, 0.25) is 0 Å². The van der Waals surface area contributed by atoms with Crippen LogP contribution in [0.5, 0.6) is 0 Å². The standard InChI is InChI=1S/C44H81NO6/c1-6-8-10-12-14-22-30-38-49-42(46)34-26-20-16-18-24-32-41(51-44(48)36-28-29-37-45(5)40(3)4)33-25-19-17-21-27-35-43(47)50-39-31-23-15-13-11-9-7-2/h22-23,30-31,40-41H,6-21,24-29,32-39H2,1-5H3/b30-22-,31-23-. The molecule has 0 heterocycles. The molecule has 0 amide bonds. The minimum absolute atomic E-state index is 0.0276. The van der Waals surface area contributed by atoms with Crippen molar-refractivity contribution in [3.8, 4) is 0 Å². The number of ether oxygens (including phenoxy) is 3. The van der Waals surface area contributed by atoms with Crippen molar-refractivity contribution in [2.24, 2.45) is 0 Å². The molecule has 0 atom stereocenters. The number of carbonyl (C=O) groups excluding carboxylic acids is 3. The first-order valence-corrected chi connectivity index (χ1v) is 21.3. The van der Waals surface area contributed by atoms with Gasteiger partial charge in [0.15, 0.2) is 0 Å². The van der Waals surface area contributed by atoms with Gasteiger partial charge in [-0.15, -0.1) is 0 Å². The Morgan fingerprint density at radius 2 is 0.922 bits per heavy atom. The van der Waals surface area contributed by atoms with Gasteiger partial charge in [0.05, 0.1) is 0 Å². The summed E-state index contributed by atoms with van der Waals surface area (Å²) in [6.45, 7) is 10.6. The number of allylic oxidation sites excluding steroid dienone is 2. The number of rotatable bonds is 37. The smallest absolute Gasteiger partial charge is 0.306 e. The summed E-state index contributed by atoms with van der Waals surface area (Å²) >= 11 is 0. The quantitative estimate of drug-likeness (QED) is 0.0273.